The lowest BCUT2D eigenvalue weighted by Crippen LogP contribution is -2.27. The molecule has 4 N–H and O–H groups in total. The van der Waals surface area contributed by atoms with Crippen molar-refractivity contribution in [1.82, 2.24) is 4.31 Å². The van der Waals surface area contributed by atoms with Gasteiger partial charge < -0.3 is 16.2 Å². The first-order valence-electron chi connectivity index (χ1n) is 7.05. The van der Waals surface area contributed by atoms with E-state index in [1.54, 1.807) is 12.1 Å². The summed E-state index contributed by atoms with van der Waals surface area (Å²) in [5.41, 5.74) is 7.07. The monoisotopic (exact) mass is 313 g/mol. The Labute approximate surface area is 126 Å². The first-order chi connectivity index (χ1) is 9.86. The molecular weight excluding hydrogens is 290 g/mol. The maximum atomic E-state index is 12.2. The second kappa shape index (κ2) is 6.21. The standard InChI is InChI=1S/C14H23N3O3S/c1-17(2)21(19,20)11-6-7-12(15)14(8-11)16-13-5-3-4-10(13)9-18/h6-8,10,13,16,18H,3-5,9,15H2,1-2H3. The molecular formula is C14H23N3O3S. The van der Waals surface area contributed by atoms with Crippen LogP contribution in [0.5, 0.6) is 0 Å². The van der Waals surface area contributed by atoms with Crippen LogP contribution in [0.3, 0.4) is 0 Å². The van der Waals surface area contributed by atoms with E-state index in [-0.39, 0.29) is 23.5 Å². The minimum atomic E-state index is -3.48. The summed E-state index contributed by atoms with van der Waals surface area (Å²) < 4.78 is 25.5. The Kier molecular flexibility index (Phi) is 4.75. The molecule has 118 valence electrons. The van der Waals surface area contributed by atoms with Crippen LogP contribution in [0.2, 0.25) is 0 Å². The van der Waals surface area contributed by atoms with E-state index in [9.17, 15) is 13.5 Å². The van der Waals surface area contributed by atoms with Crippen LogP contribution in [0.4, 0.5) is 11.4 Å². The van der Waals surface area contributed by atoms with Crippen LogP contribution < -0.4 is 11.1 Å². The maximum Gasteiger partial charge on any atom is 0.242 e. The molecule has 2 unspecified atom stereocenters. The normalized spacial score (nSPS) is 22.7. The van der Waals surface area contributed by atoms with Gasteiger partial charge in [0.05, 0.1) is 16.3 Å². The van der Waals surface area contributed by atoms with Gasteiger partial charge in [0.2, 0.25) is 10.0 Å². The summed E-state index contributed by atoms with van der Waals surface area (Å²) >= 11 is 0. The van der Waals surface area contributed by atoms with Gasteiger partial charge >= 0.3 is 0 Å². The number of hydrogen-bond donors (Lipinski definition) is 3. The fraction of sp³-hybridized carbons (Fsp3) is 0.571. The van der Waals surface area contributed by atoms with Crippen LogP contribution in [-0.2, 0) is 10.0 Å². The van der Waals surface area contributed by atoms with E-state index in [0.717, 1.165) is 19.3 Å². The smallest absolute Gasteiger partial charge is 0.242 e. The topological polar surface area (TPSA) is 95.7 Å². The SMILES string of the molecule is CN(C)S(=O)(=O)c1ccc(N)c(NC2CCCC2CO)c1. The summed E-state index contributed by atoms with van der Waals surface area (Å²) in [7, 11) is -0.485. The Morgan fingerprint density at radius 2 is 2.10 bits per heavy atom. The molecule has 1 aliphatic rings. The Morgan fingerprint density at radius 1 is 1.38 bits per heavy atom. The molecule has 0 amide bonds. The largest absolute Gasteiger partial charge is 0.397 e. The lowest BCUT2D eigenvalue weighted by molar-refractivity contribution is 0.222. The molecule has 0 heterocycles. The zero-order chi connectivity index (χ0) is 15.6. The van der Waals surface area contributed by atoms with Crippen LogP contribution in [-0.4, -0.2) is 44.6 Å². The Morgan fingerprint density at radius 3 is 2.71 bits per heavy atom. The van der Waals surface area contributed by atoms with Gasteiger partial charge in [-0.3, -0.25) is 0 Å². The minimum absolute atomic E-state index is 0.132. The highest BCUT2D eigenvalue weighted by Gasteiger charge is 2.27. The second-order valence-corrected chi connectivity index (χ2v) is 7.81. The van der Waals surface area contributed by atoms with Crippen molar-refractivity contribution in [3.63, 3.8) is 0 Å². The van der Waals surface area contributed by atoms with Crippen molar-refractivity contribution in [2.75, 3.05) is 31.8 Å². The summed E-state index contributed by atoms with van der Waals surface area (Å²) in [5, 5.41) is 12.7. The molecule has 2 atom stereocenters. The zero-order valence-corrected chi connectivity index (χ0v) is 13.2. The molecule has 0 bridgehead atoms. The summed E-state index contributed by atoms with van der Waals surface area (Å²) in [6, 6.07) is 4.81. The molecule has 0 spiro atoms. The van der Waals surface area contributed by atoms with Gasteiger partial charge in [-0.05, 0) is 31.0 Å². The molecule has 1 aliphatic carbocycles. The van der Waals surface area contributed by atoms with Gasteiger partial charge in [0.1, 0.15) is 0 Å². The number of nitrogens with two attached hydrogens (primary N) is 1. The van der Waals surface area contributed by atoms with E-state index >= 15 is 0 Å². The second-order valence-electron chi connectivity index (χ2n) is 5.66. The van der Waals surface area contributed by atoms with Gasteiger partial charge in [-0.1, -0.05) is 6.42 Å². The number of rotatable bonds is 5. The quantitative estimate of drug-likeness (QED) is 0.707. The lowest BCUT2D eigenvalue weighted by Gasteiger charge is -2.22. The Bertz CT molecular complexity index is 601. The van der Waals surface area contributed by atoms with Crippen LogP contribution in [0.15, 0.2) is 23.1 Å². The number of nitrogens with one attached hydrogen (secondary N) is 1. The number of anilines is 2. The summed E-state index contributed by atoms with van der Waals surface area (Å²) in [4.78, 5) is 0.211. The van der Waals surface area contributed by atoms with Gasteiger partial charge in [0, 0.05) is 32.7 Å². The predicted octanol–water partition coefficient (Wildman–Crippen LogP) is 1.09. The number of nitrogen functional groups attached to an aromatic ring is 1. The van der Waals surface area contributed by atoms with E-state index in [4.69, 9.17) is 5.73 Å². The van der Waals surface area contributed by atoms with Gasteiger partial charge in [-0.15, -0.1) is 0 Å². The molecule has 6 nitrogen and oxygen atoms in total. The molecule has 7 heteroatoms. The maximum absolute atomic E-state index is 12.2. The van der Waals surface area contributed by atoms with E-state index < -0.39 is 10.0 Å². The fourth-order valence-corrected chi connectivity index (χ4v) is 3.61. The molecule has 1 fully saturated rings. The van der Waals surface area contributed by atoms with Crippen LogP contribution in [0, 0.1) is 5.92 Å². The van der Waals surface area contributed by atoms with E-state index in [0.29, 0.717) is 11.4 Å². The first kappa shape index (κ1) is 16.1. The van der Waals surface area contributed by atoms with E-state index in [1.165, 1.54) is 24.5 Å². The predicted molar refractivity (Wildman–Crippen MR) is 83.6 cm³/mol. The first-order valence-corrected chi connectivity index (χ1v) is 8.49. The van der Waals surface area contributed by atoms with E-state index in [1.807, 2.05) is 0 Å². The molecule has 1 aromatic carbocycles. The van der Waals surface area contributed by atoms with Crippen LogP contribution in [0.1, 0.15) is 19.3 Å². The van der Waals surface area contributed by atoms with Gasteiger partial charge in [-0.2, -0.15) is 0 Å². The van der Waals surface area contributed by atoms with Gasteiger partial charge in [-0.25, -0.2) is 12.7 Å². The van der Waals surface area contributed by atoms with Crippen molar-refractivity contribution in [2.24, 2.45) is 5.92 Å². The van der Waals surface area contributed by atoms with Crippen molar-refractivity contribution in [2.45, 2.75) is 30.2 Å². The highest BCUT2D eigenvalue weighted by Crippen LogP contribution is 2.31. The highest BCUT2D eigenvalue weighted by atomic mass is 32.2. The minimum Gasteiger partial charge on any atom is -0.397 e. The fourth-order valence-electron chi connectivity index (χ4n) is 2.68. The Hall–Kier alpha value is -1.31. The van der Waals surface area contributed by atoms with Crippen LogP contribution in [0.25, 0.3) is 0 Å². The molecule has 2 rings (SSSR count). The molecule has 0 saturated heterocycles. The third kappa shape index (κ3) is 3.30. The van der Waals surface area contributed by atoms with Crippen molar-refractivity contribution in [3.8, 4) is 0 Å². The van der Waals surface area contributed by atoms with Crippen LogP contribution >= 0.6 is 0 Å². The number of aliphatic hydroxyl groups excluding tert-OH is 1. The third-order valence-electron chi connectivity index (χ3n) is 4.04. The number of sulfonamides is 1. The highest BCUT2D eigenvalue weighted by molar-refractivity contribution is 7.89. The average Bonchev–Trinajstić information content (AvgIpc) is 2.88. The molecule has 0 aromatic heterocycles. The van der Waals surface area contributed by atoms with E-state index in [2.05, 4.69) is 5.32 Å². The van der Waals surface area contributed by atoms with Crippen molar-refractivity contribution in [1.29, 1.82) is 0 Å². The van der Waals surface area contributed by atoms with Crippen molar-refractivity contribution in [3.05, 3.63) is 18.2 Å². The molecule has 0 aliphatic heterocycles. The third-order valence-corrected chi connectivity index (χ3v) is 5.85. The summed E-state index contributed by atoms with van der Waals surface area (Å²) in [6.07, 6.45) is 2.98. The molecule has 21 heavy (non-hydrogen) atoms. The average molecular weight is 313 g/mol. The van der Waals surface area contributed by atoms with Gasteiger partial charge in [0.15, 0.2) is 0 Å². The number of nitrogens with zero attached hydrogens (tertiary/aromatic N) is 1. The van der Waals surface area contributed by atoms with Crippen molar-refractivity contribution < 1.29 is 13.5 Å². The van der Waals surface area contributed by atoms with Gasteiger partial charge in [0.25, 0.3) is 0 Å². The summed E-state index contributed by atoms with van der Waals surface area (Å²) in [5.74, 6) is 0.193. The summed E-state index contributed by atoms with van der Waals surface area (Å²) in [6.45, 7) is 0.132. The number of hydrogen-bond acceptors (Lipinski definition) is 5. The Balaban J connectivity index is 2.28. The number of benzene rings is 1. The molecule has 1 saturated carbocycles. The zero-order valence-electron chi connectivity index (χ0n) is 12.4. The van der Waals surface area contributed by atoms with Crippen molar-refractivity contribution >= 4 is 21.4 Å². The molecule has 0 radical (unpaired) electrons. The lowest BCUT2D eigenvalue weighted by atomic mass is 10.0. The molecule has 1 aromatic rings. The number of aliphatic hydroxyl groups is 1.